The Hall–Kier alpha value is -1.13. The molecule has 1 aromatic heterocycles. The van der Waals surface area contributed by atoms with Gasteiger partial charge >= 0.3 is 0 Å². The zero-order valence-electron chi connectivity index (χ0n) is 10.8. The molecule has 0 aliphatic rings. The van der Waals surface area contributed by atoms with Gasteiger partial charge in [0.05, 0.1) is 12.2 Å². The number of halogens is 1. The second-order valence-electron chi connectivity index (χ2n) is 4.33. The summed E-state index contributed by atoms with van der Waals surface area (Å²) in [5.74, 6) is 1.51. The molecule has 1 N–H and O–H groups in total. The van der Waals surface area contributed by atoms with Gasteiger partial charge in [0.15, 0.2) is 5.76 Å². The van der Waals surface area contributed by atoms with Gasteiger partial charge in [-0.2, -0.15) is 0 Å². The van der Waals surface area contributed by atoms with Crippen molar-refractivity contribution in [3.63, 3.8) is 0 Å². The van der Waals surface area contributed by atoms with Gasteiger partial charge in [-0.1, -0.05) is 28.9 Å². The highest BCUT2D eigenvalue weighted by atomic mass is 79.9. The van der Waals surface area contributed by atoms with Crippen molar-refractivity contribution >= 4 is 15.9 Å². The zero-order chi connectivity index (χ0) is 13.1. The molecule has 0 amide bonds. The standard InChI is InChI=1S/C14H17BrN2O/c1-4-16-10(3)14-17-8-13(18-14)11-6-5-9(2)7-12(11)15/h5-8,10,16H,4H2,1-3H3. The van der Waals surface area contributed by atoms with Crippen molar-refractivity contribution in [2.45, 2.75) is 26.8 Å². The van der Waals surface area contributed by atoms with Crippen LogP contribution in [0.4, 0.5) is 0 Å². The fraction of sp³-hybridized carbons (Fsp3) is 0.357. The van der Waals surface area contributed by atoms with Gasteiger partial charge in [0.2, 0.25) is 5.89 Å². The Balaban J connectivity index is 2.29. The van der Waals surface area contributed by atoms with Crippen molar-refractivity contribution in [3.05, 3.63) is 40.3 Å². The van der Waals surface area contributed by atoms with E-state index >= 15 is 0 Å². The molecule has 96 valence electrons. The zero-order valence-corrected chi connectivity index (χ0v) is 12.4. The van der Waals surface area contributed by atoms with E-state index in [4.69, 9.17) is 4.42 Å². The molecule has 1 aromatic carbocycles. The van der Waals surface area contributed by atoms with Crippen LogP contribution in [0.1, 0.15) is 31.3 Å². The van der Waals surface area contributed by atoms with Gasteiger partial charge in [-0.05, 0) is 38.1 Å². The third-order valence-electron chi connectivity index (χ3n) is 2.79. The lowest BCUT2D eigenvalue weighted by molar-refractivity contribution is 0.429. The molecule has 0 radical (unpaired) electrons. The molecule has 1 atom stereocenters. The van der Waals surface area contributed by atoms with Crippen LogP contribution in [-0.2, 0) is 0 Å². The van der Waals surface area contributed by atoms with Crippen LogP contribution >= 0.6 is 15.9 Å². The Morgan fingerprint density at radius 1 is 1.44 bits per heavy atom. The Labute approximate surface area is 116 Å². The van der Waals surface area contributed by atoms with Gasteiger partial charge in [0.25, 0.3) is 0 Å². The van der Waals surface area contributed by atoms with Crippen molar-refractivity contribution < 1.29 is 4.42 Å². The van der Waals surface area contributed by atoms with Crippen molar-refractivity contribution in [2.24, 2.45) is 0 Å². The molecule has 0 saturated heterocycles. The van der Waals surface area contributed by atoms with Crippen molar-refractivity contribution in [2.75, 3.05) is 6.54 Å². The van der Waals surface area contributed by atoms with Crippen LogP contribution in [0, 0.1) is 6.92 Å². The summed E-state index contributed by atoms with van der Waals surface area (Å²) in [6.07, 6.45) is 1.78. The first-order chi connectivity index (χ1) is 8.61. The molecule has 2 aromatic rings. The molecule has 2 rings (SSSR count). The van der Waals surface area contributed by atoms with E-state index in [1.165, 1.54) is 5.56 Å². The van der Waals surface area contributed by atoms with Gasteiger partial charge in [0.1, 0.15) is 0 Å². The van der Waals surface area contributed by atoms with Crippen LogP contribution in [0.3, 0.4) is 0 Å². The topological polar surface area (TPSA) is 38.1 Å². The molecule has 0 fully saturated rings. The summed E-state index contributed by atoms with van der Waals surface area (Å²) in [5, 5.41) is 3.28. The number of nitrogens with one attached hydrogen (secondary N) is 1. The van der Waals surface area contributed by atoms with Gasteiger partial charge in [0, 0.05) is 10.0 Å². The lowest BCUT2D eigenvalue weighted by atomic mass is 10.1. The molecule has 0 saturated carbocycles. The smallest absolute Gasteiger partial charge is 0.211 e. The molecular weight excluding hydrogens is 292 g/mol. The third-order valence-corrected chi connectivity index (χ3v) is 3.45. The summed E-state index contributed by atoms with van der Waals surface area (Å²) in [6.45, 7) is 7.07. The fourth-order valence-corrected chi connectivity index (χ4v) is 2.51. The van der Waals surface area contributed by atoms with E-state index in [-0.39, 0.29) is 6.04 Å². The fourth-order valence-electron chi connectivity index (χ4n) is 1.83. The van der Waals surface area contributed by atoms with Crippen LogP contribution in [0.2, 0.25) is 0 Å². The van der Waals surface area contributed by atoms with Crippen LogP contribution in [0.5, 0.6) is 0 Å². The minimum atomic E-state index is 0.132. The Kier molecular flexibility index (Phi) is 4.19. The van der Waals surface area contributed by atoms with E-state index in [0.29, 0.717) is 0 Å². The van der Waals surface area contributed by atoms with E-state index in [2.05, 4.69) is 52.2 Å². The lowest BCUT2D eigenvalue weighted by Crippen LogP contribution is -2.17. The van der Waals surface area contributed by atoms with E-state index in [0.717, 1.165) is 28.2 Å². The van der Waals surface area contributed by atoms with Gasteiger partial charge in [-0.15, -0.1) is 0 Å². The number of rotatable bonds is 4. The SMILES string of the molecule is CCNC(C)c1ncc(-c2ccc(C)cc2Br)o1. The number of nitrogens with zero attached hydrogens (tertiary/aromatic N) is 1. The maximum absolute atomic E-state index is 5.80. The van der Waals surface area contributed by atoms with Crippen LogP contribution in [0.15, 0.2) is 33.3 Å². The van der Waals surface area contributed by atoms with Crippen LogP contribution in [0.25, 0.3) is 11.3 Å². The lowest BCUT2D eigenvalue weighted by Gasteiger charge is -2.07. The first-order valence-corrected chi connectivity index (χ1v) is 6.86. The second-order valence-corrected chi connectivity index (χ2v) is 5.18. The maximum Gasteiger partial charge on any atom is 0.211 e. The van der Waals surface area contributed by atoms with Crippen LogP contribution in [-0.4, -0.2) is 11.5 Å². The number of oxazole rings is 1. The van der Waals surface area contributed by atoms with E-state index in [9.17, 15) is 0 Å². The molecule has 0 aliphatic heterocycles. The number of aromatic nitrogens is 1. The van der Waals surface area contributed by atoms with E-state index in [1.54, 1.807) is 6.20 Å². The molecule has 0 spiro atoms. The Morgan fingerprint density at radius 3 is 2.89 bits per heavy atom. The summed E-state index contributed by atoms with van der Waals surface area (Å²) in [6, 6.07) is 6.32. The quantitative estimate of drug-likeness (QED) is 0.924. The van der Waals surface area contributed by atoms with E-state index < -0.39 is 0 Å². The second kappa shape index (κ2) is 5.67. The minimum absolute atomic E-state index is 0.132. The largest absolute Gasteiger partial charge is 0.439 e. The van der Waals surface area contributed by atoms with Crippen LogP contribution < -0.4 is 5.32 Å². The molecular formula is C14H17BrN2O. The average molecular weight is 309 g/mol. The monoisotopic (exact) mass is 308 g/mol. The number of hydrogen-bond donors (Lipinski definition) is 1. The first-order valence-electron chi connectivity index (χ1n) is 6.07. The molecule has 0 bridgehead atoms. The molecule has 1 heterocycles. The minimum Gasteiger partial charge on any atom is -0.439 e. The van der Waals surface area contributed by atoms with E-state index in [1.807, 2.05) is 13.0 Å². The molecule has 1 unspecified atom stereocenters. The summed E-state index contributed by atoms with van der Waals surface area (Å²) in [5.41, 5.74) is 2.24. The first kappa shape index (κ1) is 13.3. The molecule has 4 heteroatoms. The summed E-state index contributed by atoms with van der Waals surface area (Å²) < 4.78 is 6.83. The highest BCUT2D eigenvalue weighted by Crippen LogP contribution is 2.30. The normalized spacial score (nSPS) is 12.7. The predicted octanol–water partition coefficient (Wildman–Crippen LogP) is 4.08. The highest BCUT2D eigenvalue weighted by Gasteiger charge is 2.13. The van der Waals surface area contributed by atoms with Crippen molar-refractivity contribution in [1.29, 1.82) is 0 Å². The Bertz CT molecular complexity index is 536. The maximum atomic E-state index is 5.80. The summed E-state index contributed by atoms with van der Waals surface area (Å²) in [7, 11) is 0. The Morgan fingerprint density at radius 2 is 2.22 bits per heavy atom. The third kappa shape index (κ3) is 2.82. The predicted molar refractivity (Wildman–Crippen MR) is 76.5 cm³/mol. The number of benzene rings is 1. The summed E-state index contributed by atoms with van der Waals surface area (Å²) >= 11 is 3.56. The molecule has 3 nitrogen and oxygen atoms in total. The molecule has 0 aliphatic carbocycles. The highest BCUT2D eigenvalue weighted by molar-refractivity contribution is 9.10. The van der Waals surface area contributed by atoms with Gasteiger partial charge in [-0.3, -0.25) is 0 Å². The number of hydrogen-bond acceptors (Lipinski definition) is 3. The number of aryl methyl sites for hydroxylation is 1. The average Bonchev–Trinajstić information content (AvgIpc) is 2.78. The van der Waals surface area contributed by atoms with Crippen molar-refractivity contribution in [3.8, 4) is 11.3 Å². The van der Waals surface area contributed by atoms with Gasteiger partial charge < -0.3 is 9.73 Å². The van der Waals surface area contributed by atoms with Crippen molar-refractivity contribution in [1.82, 2.24) is 10.3 Å². The summed E-state index contributed by atoms with van der Waals surface area (Å²) in [4.78, 5) is 4.32. The van der Waals surface area contributed by atoms with Gasteiger partial charge in [-0.25, -0.2) is 4.98 Å². The molecule has 18 heavy (non-hydrogen) atoms.